The van der Waals surface area contributed by atoms with Gasteiger partial charge >= 0.3 is 6.03 Å². The molecule has 2 unspecified atom stereocenters. The highest BCUT2D eigenvalue weighted by atomic mass is 16.3. The lowest BCUT2D eigenvalue weighted by molar-refractivity contribution is -0.125. The van der Waals surface area contributed by atoms with Gasteiger partial charge in [0.2, 0.25) is 5.91 Å². The first-order valence-electron chi connectivity index (χ1n) is 9.45. The Morgan fingerprint density at radius 1 is 1.30 bits per heavy atom. The second-order valence-electron chi connectivity index (χ2n) is 8.22. The van der Waals surface area contributed by atoms with Crippen molar-refractivity contribution in [2.45, 2.75) is 58.0 Å². The number of rotatable bonds is 3. The molecule has 1 fully saturated rings. The molecule has 0 saturated carbocycles. The van der Waals surface area contributed by atoms with Crippen LogP contribution in [0.2, 0.25) is 0 Å². The molecule has 1 aliphatic rings. The number of hydrogen-bond donors (Lipinski definition) is 2. The minimum Gasteiger partial charge on any atom is -0.440 e. The van der Waals surface area contributed by atoms with Crippen molar-refractivity contribution in [2.75, 3.05) is 13.1 Å². The highest BCUT2D eigenvalue weighted by Gasteiger charge is 2.31. The lowest BCUT2D eigenvalue weighted by Crippen LogP contribution is -2.54. The van der Waals surface area contributed by atoms with Crippen molar-refractivity contribution in [3.63, 3.8) is 0 Å². The summed E-state index contributed by atoms with van der Waals surface area (Å²) in [6.07, 6.45) is 1.93. The first-order chi connectivity index (χ1) is 12.7. The summed E-state index contributed by atoms with van der Waals surface area (Å²) in [5.41, 5.74) is 1.25. The molecule has 7 nitrogen and oxygen atoms in total. The number of imide groups is 1. The molecule has 146 valence electrons. The predicted octanol–water partition coefficient (Wildman–Crippen LogP) is 3.02. The number of hydrogen-bond acceptors (Lipinski definition) is 5. The van der Waals surface area contributed by atoms with E-state index in [1.807, 2.05) is 52.0 Å². The zero-order valence-electron chi connectivity index (χ0n) is 16.4. The molecular weight excluding hydrogens is 344 g/mol. The zero-order valence-corrected chi connectivity index (χ0v) is 16.4. The van der Waals surface area contributed by atoms with Crippen LogP contribution >= 0.6 is 0 Å². The van der Waals surface area contributed by atoms with E-state index >= 15 is 0 Å². The van der Waals surface area contributed by atoms with E-state index in [9.17, 15) is 9.59 Å². The SMILES string of the molecule is CC(C(=O)NC(=O)NC(C)(C)C)N1CCCC(c2nc3ccccc3o2)C1. The average Bonchev–Trinajstić information content (AvgIpc) is 3.03. The largest absolute Gasteiger partial charge is 0.440 e. The number of para-hydroxylation sites is 2. The smallest absolute Gasteiger partial charge is 0.321 e. The fourth-order valence-corrected chi connectivity index (χ4v) is 3.38. The standard InChI is InChI=1S/C20H28N4O3/c1-13(17(25)22-19(26)23-20(2,3)4)24-11-7-8-14(12-24)18-21-15-9-5-6-10-16(15)27-18/h5-6,9-10,13-14H,7-8,11-12H2,1-4H3,(H2,22,23,25,26). The number of carbonyl (C=O) groups excluding carboxylic acids is 2. The van der Waals surface area contributed by atoms with Crippen LogP contribution in [0.1, 0.15) is 52.3 Å². The molecule has 27 heavy (non-hydrogen) atoms. The van der Waals surface area contributed by atoms with Gasteiger partial charge in [-0.05, 0) is 59.2 Å². The molecule has 7 heteroatoms. The number of aromatic nitrogens is 1. The van der Waals surface area contributed by atoms with Gasteiger partial charge in [-0.3, -0.25) is 15.0 Å². The van der Waals surface area contributed by atoms with E-state index in [0.29, 0.717) is 6.54 Å². The summed E-state index contributed by atoms with van der Waals surface area (Å²) in [5.74, 6) is 0.568. The third-order valence-corrected chi connectivity index (χ3v) is 4.76. The van der Waals surface area contributed by atoms with Crippen molar-refractivity contribution in [1.29, 1.82) is 0 Å². The van der Waals surface area contributed by atoms with Crippen molar-refractivity contribution >= 4 is 23.0 Å². The average molecular weight is 372 g/mol. The third kappa shape index (κ3) is 4.86. The van der Waals surface area contributed by atoms with E-state index in [0.717, 1.165) is 36.4 Å². The second-order valence-corrected chi connectivity index (χ2v) is 8.22. The number of piperidine rings is 1. The van der Waals surface area contributed by atoms with Crippen LogP contribution in [0.4, 0.5) is 4.79 Å². The molecule has 0 bridgehead atoms. The number of benzene rings is 1. The third-order valence-electron chi connectivity index (χ3n) is 4.76. The topological polar surface area (TPSA) is 87.5 Å². The first-order valence-corrected chi connectivity index (χ1v) is 9.45. The quantitative estimate of drug-likeness (QED) is 0.865. The van der Waals surface area contributed by atoms with E-state index in [1.54, 1.807) is 0 Å². The minimum absolute atomic E-state index is 0.143. The van der Waals surface area contributed by atoms with Crippen LogP contribution in [0, 0.1) is 0 Å². The van der Waals surface area contributed by atoms with Crippen molar-refractivity contribution in [2.24, 2.45) is 0 Å². The molecule has 0 aliphatic carbocycles. The van der Waals surface area contributed by atoms with Crippen LogP contribution in [-0.2, 0) is 4.79 Å². The van der Waals surface area contributed by atoms with Gasteiger partial charge in [-0.15, -0.1) is 0 Å². The van der Waals surface area contributed by atoms with Crippen molar-refractivity contribution in [1.82, 2.24) is 20.5 Å². The summed E-state index contributed by atoms with van der Waals surface area (Å²) in [6, 6.07) is 6.86. The van der Waals surface area contributed by atoms with Crippen LogP contribution in [-0.4, -0.2) is 46.5 Å². The molecule has 1 aromatic heterocycles. The van der Waals surface area contributed by atoms with Crippen molar-refractivity contribution in [3.8, 4) is 0 Å². The Morgan fingerprint density at radius 3 is 2.74 bits per heavy atom. The van der Waals surface area contributed by atoms with E-state index < -0.39 is 17.6 Å². The van der Waals surface area contributed by atoms with Gasteiger partial charge < -0.3 is 9.73 Å². The fraction of sp³-hybridized carbons (Fsp3) is 0.550. The molecular formula is C20H28N4O3. The van der Waals surface area contributed by atoms with Crippen LogP contribution in [0.3, 0.4) is 0 Å². The van der Waals surface area contributed by atoms with Gasteiger partial charge in [0.05, 0.1) is 6.04 Å². The Hall–Kier alpha value is -2.41. The predicted molar refractivity (Wildman–Crippen MR) is 103 cm³/mol. The number of carbonyl (C=O) groups is 2. The molecule has 1 saturated heterocycles. The number of oxazole rings is 1. The number of nitrogens with one attached hydrogen (secondary N) is 2. The van der Waals surface area contributed by atoms with Crippen LogP contribution in [0.25, 0.3) is 11.1 Å². The highest BCUT2D eigenvalue weighted by Crippen LogP contribution is 2.29. The fourth-order valence-electron chi connectivity index (χ4n) is 3.38. The van der Waals surface area contributed by atoms with Gasteiger partial charge in [-0.1, -0.05) is 12.1 Å². The lowest BCUT2D eigenvalue weighted by atomic mass is 9.96. The number of amides is 3. The maximum Gasteiger partial charge on any atom is 0.321 e. The normalized spacial score (nSPS) is 19.6. The number of fused-ring (bicyclic) bond motifs is 1. The molecule has 0 spiro atoms. The lowest BCUT2D eigenvalue weighted by Gasteiger charge is -2.34. The molecule has 3 amide bonds. The summed E-state index contributed by atoms with van der Waals surface area (Å²) in [5, 5.41) is 5.18. The molecule has 3 rings (SSSR count). The Morgan fingerprint density at radius 2 is 2.04 bits per heavy atom. The van der Waals surface area contributed by atoms with E-state index in [4.69, 9.17) is 4.42 Å². The Kier molecular flexibility index (Phi) is 5.51. The number of likely N-dealkylation sites (tertiary alicyclic amines) is 1. The van der Waals surface area contributed by atoms with Crippen molar-refractivity contribution < 1.29 is 14.0 Å². The monoisotopic (exact) mass is 372 g/mol. The van der Waals surface area contributed by atoms with Gasteiger partial charge in [0.25, 0.3) is 0 Å². The molecule has 0 radical (unpaired) electrons. The summed E-state index contributed by atoms with van der Waals surface area (Å²) >= 11 is 0. The number of nitrogens with zero attached hydrogens (tertiary/aromatic N) is 2. The van der Waals surface area contributed by atoms with E-state index in [1.165, 1.54) is 0 Å². The summed E-state index contributed by atoms with van der Waals surface area (Å²) in [4.78, 5) is 31.1. The first kappa shape index (κ1) is 19.4. The van der Waals surface area contributed by atoms with E-state index in [2.05, 4.69) is 20.5 Å². The van der Waals surface area contributed by atoms with Gasteiger partial charge in [0, 0.05) is 18.0 Å². The van der Waals surface area contributed by atoms with Gasteiger partial charge in [0.15, 0.2) is 11.5 Å². The van der Waals surface area contributed by atoms with Gasteiger partial charge in [-0.25, -0.2) is 9.78 Å². The Bertz CT molecular complexity index is 791. The molecule has 2 aromatic rings. The summed E-state index contributed by atoms with van der Waals surface area (Å²) in [6.45, 7) is 8.94. The van der Waals surface area contributed by atoms with Crippen molar-refractivity contribution in [3.05, 3.63) is 30.2 Å². The van der Waals surface area contributed by atoms with Gasteiger partial charge in [0.1, 0.15) is 5.52 Å². The summed E-state index contributed by atoms with van der Waals surface area (Å²) < 4.78 is 5.91. The number of urea groups is 1. The highest BCUT2D eigenvalue weighted by molar-refractivity contribution is 5.97. The van der Waals surface area contributed by atoms with Crippen LogP contribution in [0.5, 0.6) is 0 Å². The maximum atomic E-state index is 12.5. The Balaban J connectivity index is 1.63. The zero-order chi connectivity index (χ0) is 19.6. The molecule has 2 N–H and O–H groups in total. The maximum absolute atomic E-state index is 12.5. The van der Waals surface area contributed by atoms with Crippen LogP contribution in [0.15, 0.2) is 28.7 Å². The molecule has 1 aromatic carbocycles. The second kappa shape index (κ2) is 7.68. The van der Waals surface area contributed by atoms with Crippen LogP contribution < -0.4 is 10.6 Å². The Labute approximate surface area is 159 Å². The molecule has 2 heterocycles. The molecule has 1 aliphatic heterocycles. The van der Waals surface area contributed by atoms with E-state index in [-0.39, 0.29) is 11.8 Å². The minimum atomic E-state index is -0.466. The summed E-state index contributed by atoms with van der Waals surface area (Å²) in [7, 11) is 0. The van der Waals surface area contributed by atoms with Gasteiger partial charge in [-0.2, -0.15) is 0 Å². The molecule has 2 atom stereocenters.